The summed E-state index contributed by atoms with van der Waals surface area (Å²) in [5.41, 5.74) is 0. The lowest BCUT2D eigenvalue weighted by molar-refractivity contribution is -0.123. The molecule has 0 saturated carbocycles. The van der Waals surface area contributed by atoms with Gasteiger partial charge in [0.05, 0.1) is 19.4 Å². The fourth-order valence-corrected chi connectivity index (χ4v) is 1.73. The quantitative estimate of drug-likeness (QED) is 0.802. The third-order valence-electron chi connectivity index (χ3n) is 2.61. The maximum Gasteiger partial charge on any atom is 0.407 e. The van der Waals surface area contributed by atoms with Gasteiger partial charge in [-0.15, -0.1) is 0 Å². The molecule has 1 aromatic heterocycles. The van der Waals surface area contributed by atoms with Crippen LogP contribution in [0.25, 0.3) is 0 Å². The number of furan rings is 1. The van der Waals surface area contributed by atoms with E-state index in [0.29, 0.717) is 18.7 Å². The van der Waals surface area contributed by atoms with Crippen LogP contribution in [-0.2, 0) is 16.1 Å². The standard InChI is InChI=1S/C14H22N2O4/c1-4-19-14(18)16-12(8-10(2)3)13(17)15-9-11-6-5-7-20-11/h5-7,10,12H,4,8-9H2,1-3H3,(H,15,17)(H,16,18)/t12-/m0/s1. The molecular weight excluding hydrogens is 260 g/mol. The molecular formula is C14H22N2O4. The normalized spacial score (nSPS) is 12.0. The van der Waals surface area contributed by atoms with Gasteiger partial charge < -0.3 is 19.8 Å². The Kier molecular flexibility index (Phi) is 6.63. The number of hydrogen-bond acceptors (Lipinski definition) is 4. The van der Waals surface area contributed by atoms with E-state index in [4.69, 9.17) is 9.15 Å². The van der Waals surface area contributed by atoms with Crippen molar-refractivity contribution in [2.24, 2.45) is 5.92 Å². The van der Waals surface area contributed by atoms with E-state index in [-0.39, 0.29) is 18.4 Å². The van der Waals surface area contributed by atoms with Gasteiger partial charge in [-0.3, -0.25) is 4.79 Å². The number of rotatable bonds is 7. The van der Waals surface area contributed by atoms with Crippen molar-refractivity contribution in [2.75, 3.05) is 6.61 Å². The number of nitrogens with one attached hydrogen (secondary N) is 2. The van der Waals surface area contributed by atoms with Crippen LogP contribution in [0.3, 0.4) is 0 Å². The van der Waals surface area contributed by atoms with Crippen LogP contribution in [0.15, 0.2) is 22.8 Å². The number of carbonyl (C=O) groups is 2. The van der Waals surface area contributed by atoms with E-state index in [1.165, 1.54) is 0 Å². The highest BCUT2D eigenvalue weighted by molar-refractivity contribution is 5.85. The first-order chi connectivity index (χ1) is 9.52. The van der Waals surface area contributed by atoms with Gasteiger partial charge in [0, 0.05) is 0 Å². The van der Waals surface area contributed by atoms with Gasteiger partial charge >= 0.3 is 6.09 Å². The summed E-state index contributed by atoms with van der Waals surface area (Å²) < 4.78 is 9.94. The molecule has 1 aromatic rings. The van der Waals surface area contributed by atoms with Crippen molar-refractivity contribution < 1.29 is 18.7 Å². The summed E-state index contributed by atoms with van der Waals surface area (Å²) in [4.78, 5) is 23.5. The number of hydrogen-bond donors (Lipinski definition) is 2. The number of carbonyl (C=O) groups excluding carboxylic acids is 2. The van der Waals surface area contributed by atoms with Crippen LogP contribution in [0, 0.1) is 5.92 Å². The van der Waals surface area contributed by atoms with Crippen LogP contribution in [-0.4, -0.2) is 24.6 Å². The average Bonchev–Trinajstić information content (AvgIpc) is 2.88. The minimum atomic E-state index is -0.607. The molecule has 0 unspecified atom stereocenters. The van der Waals surface area contributed by atoms with Crippen LogP contribution in [0.4, 0.5) is 4.79 Å². The first-order valence-electron chi connectivity index (χ1n) is 6.76. The molecule has 0 bridgehead atoms. The van der Waals surface area contributed by atoms with Crippen LogP contribution in [0.2, 0.25) is 0 Å². The monoisotopic (exact) mass is 282 g/mol. The van der Waals surface area contributed by atoms with Gasteiger partial charge in [0.15, 0.2) is 0 Å². The molecule has 112 valence electrons. The highest BCUT2D eigenvalue weighted by atomic mass is 16.5. The first-order valence-corrected chi connectivity index (χ1v) is 6.76. The predicted molar refractivity (Wildman–Crippen MR) is 74.0 cm³/mol. The zero-order chi connectivity index (χ0) is 15.0. The zero-order valence-electron chi connectivity index (χ0n) is 12.1. The lowest BCUT2D eigenvalue weighted by atomic mass is 10.0. The van der Waals surface area contributed by atoms with Gasteiger partial charge in [0.2, 0.25) is 5.91 Å². The fourth-order valence-electron chi connectivity index (χ4n) is 1.73. The predicted octanol–water partition coefficient (Wildman–Crippen LogP) is 2.06. The number of ether oxygens (including phenoxy) is 1. The van der Waals surface area contributed by atoms with E-state index >= 15 is 0 Å². The van der Waals surface area contributed by atoms with E-state index in [9.17, 15) is 9.59 Å². The van der Waals surface area contributed by atoms with E-state index < -0.39 is 12.1 Å². The summed E-state index contributed by atoms with van der Waals surface area (Å²) >= 11 is 0. The second kappa shape index (κ2) is 8.24. The molecule has 1 heterocycles. The second-order valence-corrected chi connectivity index (χ2v) is 4.84. The SMILES string of the molecule is CCOC(=O)N[C@@H](CC(C)C)C(=O)NCc1ccco1. The zero-order valence-corrected chi connectivity index (χ0v) is 12.1. The Morgan fingerprint density at radius 2 is 2.15 bits per heavy atom. The summed E-state index contributed by atoms with van der Waals surface area (Å²) in [7, 11) is 0. The molecule has 2 N–H and O–H groups in total. The molecule has 1 rings (SSSR count). The fraction of sp³-hybridized carbons (Fsp3) is 0.571. The molecule has 0 radical (unpaired) electrons. The van der Waals surface area contributed by atoms with Crippen LogP contribution < -0.4 is 10.6 Å². The van der Waals surface area contributed by atoms with E-state index in [1.807, 2.05) is 13.8 Å². The van der Waals surface area contributed by atoms with Gasteiger partial charge in [-0.2, -0.15) is 0 Å². The maximum absolute atomic E-state index is 12.1. The minimum Gasteiger partial charge on any atom is -0.467 e. The molecule has 0 aliphatic rings. The highest BCUT2D eigenvalue weighted by Gasteiger charge is 2.22. The summed E-state index contributed by atoms with van der Waals surface area (Å²) in [6.45, 7) is 6.26. The maximum atomic E-state index is 12.1. The average molecular weight is 282 g/mol. The van der Waals surface area contributed by atoms with Gasteiger partial charge in [0.1, 0.15) is 11.8 Å². The van der Waals surface area contributed by atoms with Crippen LogP contribution in [0.1, 0.15) is 33.0 Å². The van der Waals surface area contributed by atoms with Gasteiger partial charge in [-0.1, -0.05) is 13.8 Å². The van der Waals surface area contributed by atoms with E-state index in [2.05, 4.69) is 10.6 Å². The van der Waals surface area contributed by atoms with Crippen LogP contribution in [0.5, 0.6) is 0 Å². The summed E-state index contributed by atoms with van der Waals surface area (Å²) in [6.07, 6.45) is 1.51. The Labute approximate surface area is 118 Å². The third-order valence-corrected chi connectivity index (χ3v) is 2.61. The van der Waals surface area contributed by atoms with Crippen molar-refractivity contribution in [3.05, 3.63) is 24.2 Å². The van der Waals surface area contributed by atoms with Crippen LogP contribution >= 0.6 is 0 Å². The lowest BCUT2D eigenvalue weighted by Gasteiger charge is -2.19. The molecule has 0 aliphatic carbocycles. The molecule has 20 heavy (non-hydrogen) atoms. The van der Waals surface area contributed by atoms with Crippen molar-refractivity contribution in [1.82, 2.24) is 10.6 Å². The molecule has 0 aromatic carbocycles. The van der Waals surface area contributed by atoms with Crippen molar-refractivity contribution in [1.29, 1.82) is 0 Å². The lowest BCUT2D eigenvalue weighted by Crippen LogP contribution is -2.47. The van der Waals surface area contributed by atoms with Crippen molar-refractivity contribution >= 4 is 12.0 Å². The van der Waals surface area contributed by atoms with E-state index in [1.54, 1.807) is 25.3 Å². The van der Waals surface area contributed by atoms with Crippen molar-refractivity contribution in [2.45, 2.75) is 39.8 Å². The summed E-state index contributed by atoms with van der Waals surface area (Å²) in [5, 5.41) is 5.31. The molecule has 0 fully saturated rings. The molecule has 0 spiro atoms. The Balaban J connectivity index is 2.52. The molecule has 2 amide bonds. The highest BCUT2D eigenvalue weighted by Crippen LogP contribution is 2.06. The Bertz CT molecular complexity index is 415. The smallest absolute Gasteiger partial charge is 0.407 e. The Morgan fingerprint density at radius 3 is 2.70 bits per heavy atom. The topological polar surface area (TPSA) is 80.6 Å². The third kappa shape index (κ3) is 5.77. The summed E-state index contributed by atoms with van der Waals surface area (Å²) in [6, 6.07) is 2.92. The summed E-state index contributed by atoms with van der Waals surface area (Å²) in [5.74, 6) is 0.692. The second-order valence-electron chi connectivity index (χ2n) is 4.84. The first kappa shape index (κ1) is 16.1. The molecule has 0 saturated heterocycles. The van der Waals surface area contributed by atoms with Gasteiger partial charge in [0.25, 0.3) is 0 Å². The number of alkyl carbamates (subject to hydrolysis) is 1. The van der Waals surface area contributed by atoms with E-state index in [0.717, 1.165) is 0 Å². The largest absolute Gasteiger partial charge is 0.467 e. The minimum absolute atomic E-state index is 0.247. The molecule has 1 atom stereocenters. The molecule has 6 heteroatoms. The van der Waals surface area contributed by atoms with Crippen molar-refractivity contribution in [3.8, 4) is 0 Å². The van der Waals surface area contributed by atoms with Crippen molar-refractivity contribution in [3.63, 3.8) is 0 Å². The Hall–Kier alpha value is -1.98. The van der Waals surface area contributed by atoms with Gasteiger partial charge in [-0.25, -0.2) is 4.79 Å². The van der Waals surface area contributed by atoms with Gasteiger partial charge in [-0.05, 0) is 31.4 Å². The molecule has 6 nitrogen and oxygen atoms in total. The Morgan fingerprint density at radius 1 is 1.40 bits per heavy atom. The number of amides is 2. The molecule has 0 aliphatic heterocycles.